The van der Waals surface area contributed by atoms with E-state index in [-0.39, 0.29) is 6.04 Å². The van der Waals surface area contributed by atoms with Crippen molar-refractivity contribution < 1.29 is 4.79 Å². The first kappa shape index (κ1) is 12.7. The van der Waals surface area contributed by atoms with Crippen LogP contribution in [0.15, 0.2) is 0 Å². The van der Waals surface area contributed by atoms with Crippen LogP contribution in [0, 0.1) is 5.92 Å². The topological polar surface area (TPSA) is 20.3 Å². The average Bonchev–Trinajstić information content (AvgIpc) is 2.54. The van der Waals surface area contributed by atoms with E-state index in [1.807, 2.05) is 0 Å². The number of likely N-dealkylation sites (tertiary alicyclic amines) is 1. The molecule has 0 N–H and O–H groups in total. The molecule has 0 aromatic rings. The molecule has 0 amide bonds. The molecule has 88 valence electrons. The molecule has 0 aromatic carbocycles. The van der Waals surface area contributed by atoms with Gasteiger partial charge in [0, 0.05) is 0 Å². The van der Waals surface area contributed by atoms with Crippen molar-refractivity contribution in [3.63, 3.8) is 0 Å². The van der Waals surface area contributed by atoms with Crippen LogP contribution in [-0.4, -0.2) is 30.3 Å². The molecule has 1 fully saturated rings. The number of hydrogen-bond acceptors (Lipinski definition) is 2. The highest BCUT2D eigenvalue weighted by molar-refractivity contribution is 5.82. The minimum atomic E-state index is 0.214. The average molecular weight is 211 g/mol. The monoisotopic (exact) mass is 211 g/mol. The van der Waals surface area contributed by atoms with Crippen molar-refractivity contribution in [2.24, 2.45) is 5.92 Å². The number of ketones is 1. The first-order valence-electron chi connectivity index (χ1n) is 6.37. The van der Waals surface area contributed by atoms with E-state index in [1.54, 1.807) is 6.92 Å². The first-order valence-corrected chi connectivity index (χ1v) is 6.37. The molecule has 2 unspecified atom stereocenters. The number of likely N-dealkylation sites (N-methyl/N-ethyl adjacent to an activating group) is 1. The zero-order chi connectivity index (χ0) is 11.3. The Hall–Kier alpha value is -0.370. The predicted octanol–water partition coefficient (Wildman–Crippen LogP) is 2.87. The van der Waals surface area contributed by atoms with E-state index >= 15 is 0 Å². The van der Waals surface area contributed by atoms with Gasteiger partial charge in [-0.25, -0.2) is 0 Å². The van der Waals surface area contributed by atoms with Crippen LogP contribution in [0.2, 0.25) is 0 Å². The highest BCUT2D eigenvalue weighted by atomic mass is 16.1. The molecule has 0 aliphatic carbocycles. The number of carbonyl (C=O) groups excluding carboxylic acids is 1. The molecule has 0 saturated carbocycles. The van der Waals surface area contributed by atoms with Crippen LogP contribution in [0.4, 0.5) is 0 Å². The normalized spacial score (nSPS) is 27.1. The second kappa shape index (κ2) is 6.26. The molecule has 0 aromatic heterocycles. The van der Waals surface area contributed by atoms with Gasteiger partial charge in [-0.3, -0.25) is 9.69 Å². The van der Waals surface area contributed by atoms with E-state index in [0.29, 0.717) is 11.7 Å². The van der Waals surface area contributed by atoms with Crippen molar-refractivity contribution in [2.45, 2.75) is 58.4 Å². The lowest BCUT2D eigenvalue weighted by molar-refractivity contribution is -0.121. The van der Waals surface area contributed by atoms with Gasteiger partial charge in [0.1, 0.15) is 5.78 Å². The Morgan fingerprint density at radius 2 is 2.07 bits per heavy atom. The Balaban J connectivity index is 2.31. The lowest BCUT2D eigenvalue weighted by Crippen LogP contribution is -2.35. The Kier molecular flexibility index (Phi) is 5.30. The second-order valence-corrected chi connectivity index (χ2v) is 4.93. The summed E-state index contributed by atoms with van der Waals surface area (Å²) in [5.74, 6) is 0.986. The van der Waals surface area contributed by atoms with Crippen LogP contribution in [0.3, 0.4) is 0 Å². The summed E-state index contributed by atoms with van der Waals surface area (Å²) in [6.45, 7) is 5.08. The summed E-state index contributed by atoms with van der Waals surface area (Å²) in [6.07, 6.45) is 7.73. The van der Waals surface area contributed by atoms with E-state index in [2.05, 4.69) is 18.9 Å². The summed E-state index contributed by atoms with van der Waals surface area (Å²) in [6, 6.07) is 0.214. The third kappa shape index (κ3) is 3.60. The lowest BCUT2D eigenvalue weighted by atomic mass is 9.91. The first-order chi connectivity index (χ1) is 7.16. The third-order valence-electron chi connectivity index (χ3n) is 3.62. The Labute approximate surface area is 94.0 Å². The molecule has 1 rings (SSSR count). The molecule has 1 aliphatic rings. The van der Waals surface area contributed by atoms with E-state index in [9.17, 15) is 4.79 Å². The highest BCUT2D eigenvalue weighted by Gasteiger charge is 2.34. The molecule has 2 atom stereocenters. The van der Waals surface area contributed by atoms with Gasteiger partial charge in [-0.05, 0) is 39.3 Å². The molecule has 15 heavy (non-hydrogen) atoms. The summed E-state index contributed by atoms with van der Waals surface area (Å²) in [5.41, 5.74) is 0. The van der Waals surface area contributed by atoms with Gasteiger partial charge in [0.2, 0.25) is 0 Å². The van der Waals surface area contributed by atoms with Crippen molar-refractivity contribution in [2.75, 3.05) is 13.6 Å². The van der Waals surface area contributed by atoms with Gasteiger partial charge < -0.3 is 0 Å². The van der Waals surface area contributed by atoms with Crippen LogP contribution >= 0.6 is 0 Å². The number of unbranched alkanes of at least 4 members (excludes halogenated alkanes) is 3. The van der Waals surface area contributed by atoms with Crippen molar-refractivity contribution in [3.05, 3.63) is 0 Å². The molecule has 0 spiro atoms. The number of Topliss-reactive ketones (excluding diaryl/α,β-unsaturated/α-hetero) is 1. The SMILES string of the molecule is CCCCCCC1CCN(C)C1C(C)=O. The zero-order valence-electron chi connectivity index (χ0n) is 10.5. The van der Waals surface area contributed by atoms with Crippen molar-refractivity contribution >= 4 is 5.78 Å². The third-order valence-corrected chi connectivity index (χ3v) is 3.62. The van der Waals surface area contributed by atoms with Gasteiger partial charge in [-0.15, -0.1) is 0 Å². The zero-order valence-corrected chi connectivity index (χ0v) is 10.5. The standard InChI is InChI=1S/C13H25NO/c1-4-5-6-7-8-12-9-10-14(3)13(12)11(2)15/h12-13H,4-10H2,1-3H3. The maximum absolute atomic E-state index is 11.5. The molecular formula is C13H25NO. The van der Waals surface area contributed by atoms with Crippen LogP contribution in [0.5, 0.6) is 0 Å². The smallest absolute Gasteiger partial charge is 0.147 e. The van der Waals surface area contributed by atoms with E-state index in [4.69, 9.17) is 0 Å². The van der Waals surface area contributed by atoms with Gasteiger partial charge in [-0.2, -0.15) is 0 Å². The van der Waals surface area contributed by atoms with Crippen LogP contribution in [-0.2, 0) is 4.79 Å². The highest BCUT2D eigenvalue weighted by Crippen LogP contribution is 2.28. The summed E-state index contributed by atoms with van der Waals surface area (Å²) >= 11 is 0. The number of carbonyl (C=O) groups is 1. The minimum Gasteiger partial charge on any atom is -0.298 e. The van der Waals surface area contributed by atoms with E-state index in [0.717, 1.165) is 6.54 Å². The summed E-state index contributed by atoms with van der Waals surface area (Å²) < 4.78 is 0. The fraction of sp³-hybridized carbons (Fsp3) is 0.923. The Morgan fingerprint density at radius 1 is 1.33 bits per heavy atom. The van der Waals surface area contributed by atoms with Gasteiger partial charge in [0.25, 0.3) is 0 Å². The van der Waals surface area contributed by atoms with Crippen LogP contribution in [0.1, 0.15) is 52.4 Å². The Morgan fingerprint density at radius 3 is 2.67 bits per heavy atom. The molecule has 0 bridgehead atoms. The number of rotatable bonds is 6. The van der Waals surface area contributed by atoms with Crippen molar-refractivity contribution in [1.29, 1.82) is 0 Å². The molecule has 1 aliphatic heterocycles. The summed E-state index contributed by atoms with van der Waals surface area (Å²) in [7, 11) is 2.08. The van der Waals surface area contributed by atoms with Gasteiger partial charge >= 0.3 is 0 Å². The Bertz CT molecular complexity index is 203. The van der Waals surface area contributed by atoms with Crippen LogP contribution < -0.4 is 0 Å². The van der Waals surface area contributed by atoms with Crippen molar-refractivity contribution in [3.8, 4) is 0 Å². The molecule has 2 heteroatoms. The lowest BCUT2D eigenvalue weighted by Gasteiger charge is -2.22. The quantitative estimate of drug-likeness (QED) is 0.630. The van der Waals surface area contributed by atoms with Gasteiger partial charge in [0.05, 0.1) is 6.04 Å². The van der Waals surface area contributed by atoms with E-state index in [1.165, 1.54) is 38.5 Å². The fourth-order valence-corrected chi connectivity index (χ4v) is 2.80. The summed E-state index contributed by atoms with van der Waals surface area (Å²) in [5, 5.41) is 0. The van der Waals surface area contributed by atoms with Crippen LogP contribution in [0.25, 0.3) is 0 Å². The number of hydrogen-bond donors (Lipinski definition) is 0. The number of nitrogens with zero attached hydrogens (tertiary/aromatic N) is 1. The molecular weight excluding hydrogens is 186 g/mol. The molecule has 1 heterocycles. The molecule has 0 radical (unpaired) electrons. The predicted molar refractivity (Wildman–Crippen MR) is 64.0 cm³/mol. The minimum absolute atomic E-state index is 0.214. The second-order valence-electron chi connectivity index (χ2n) is 4.93. The van der Waals surface area contributed by atoms with Gasteiger partial charge in [-0.1, -0.05) is 32.6 Å². The summed E-state index contributed by atoms with van der Waals surface area (Å²) in [4.78, 5) is 13.7. The van der Waals surface area contributed by atoms with E-state index < -0.39 is 0 Å². The van der Waals surface area contributed by atoms with Crippen molar-refractivity contribution in [1.82, 2.24) is 4.90 Å². The maximum Gasteiger partial charge on any atom is 0.147 e. The molecule has 2 nitrogen and oxygen atoms in total. The fourth-order valence-electron chi connectivity index (χ4n) is 2.80. The van der Waals surface area contributed by atoms with Gasteiger partial charge in [0.15, 0.2) is 0 Å². The molecule has 1 saturated heterocycles. The largest absolute Gasteiger partial charge is 0.298 e. The maximum atomic E-state index is 11.5.